The highest BCUT2D eigenvalue weighted by atomic mass is 127. The molecule has 0 saturated carbocycles. The summed E-state index contributed by atoms with van der Waals surface area (Å²) in [6.45, 7) is 4.53. The summed E-state index contributed by atoms with van der Waals surface area (Å²) in [5.74, 6) is 0.987. The van der Waals surface area contributed by atoms with Gasteiger partial charge in [0, 0.05) is 12.6 Å². The summed E-state index contributed by atoms with van der Waals surface area (Å²) in [6.07, 6.45) is 7.09. The molecule has 0 heterocycles. The van der Waals surface area contributed by atoms with Crippen LogP contribution in [0.4, 0.5) is 0 Å². The monoisotopic (exact) mass is 385 g/mol. The van der Waals surface area contributed by atoms with Gasteiger partial charge in [-0.15, -0.1) is 0 Å². The molecule has 0 spiro atoms. The van der Waals surface area contributed by atoms with Crippen molar-refractivity contribution in [2.24, 2.45) is 0 Å². The number of hydrogen-bond acceptors (Lipinski definition) is 2. The Morgan fingerprint density at radius 3 is 2.95 bits per heavy atom. The first-order valence-corrected chi connectivity index (χ1v) is 8.68. The molecule has 1 aliphatic carbocycles. The fourth-order valence-electron chi connectivity index (χ4n) is 3.04. The van der Waals surface area contributed by atoms with Crippen LogP contribution in [0.1, 0.15) is 30.9 Å². The standard InChI is InChI=1S/C17H24INO/c1-3-10-19(11-4-9-18)16-7-5-15-13-17(20-2)8-6-14(15)12-16/h4,6,8-9,13,16H,3,5,7,10-12H2,1-2H3/b9-4+. The van der Waals surface area contributed by atoms with E-state index >= 15 is 0 Å². The van der Waals surface area contributed by atoms with Crippen molar-refractivity contribution in [3.8, 4) is 5.75 Å². The van der Waals surface area contributed by atoms with Gasteiger partial charge in [0.05, 0.1) is 7.11 Å². The van der Waals surface area contributed by atoms with Crippen molar-refractivity contribution in [2.45, 2.75) is 38.6 Å². The predicted octanol–water partition coefficient (Wildman–Crippen LogP) is 4.21. The quantitative estimate of drug-likeness (QED) is 0.681. The van der Waals surface area contributed by atoms with E-state index in [1.54, 1.807) is 7.11 Å². The molecule has 20 heavy (non-hydrogen) atoms. The van der Waals surface area contributed by atoms with Crippen molar-refractivity contribution < 1.29 is 4.74 Å². The fraction of sp³-hybridized carbons (Fsp3) is 0.529. The van der Waals surface area contributed by atoms with Crippen LogP contribution in [0.25, 0.3) is 0 Å². The number of fused-ring (bicyclic) bond motifs is 1. The number of ether oxygens (including phenoxy) is 1. The Hall–Kier alpha value is -0.550. The number of benzene rings is 1. The van der Waals surface area contributed by atoms with Crippen LogP contribution in [-0.4, -0.2) is 31.1 Å². The normalized spacial score (nSPS) is 18.5. The molecule has 110 valence electrons. The Balaban J connectivity index is 2.08. The van der Waals surface area contributed by atoms with Gasteiger partial charge < -0.3 is 4.74 Å². The van der Waals surface area contributed by atoms with Gasteiger partial charge >= 0.3 is 0 Å². The molecule has 2 rings (SSSR count). The van der Waals surface area contributed by atoms with Crippen molar-refractivity contribution in [2.75, 3.05) is 20.2 Å². The van der Waals surface area contributed by atoms with E-state index in [-0.39, 0.29) is 0 Å². The van der Waals surface area contributed by atoms with Gasteiger partial charge in [-0.25, -0.2) is 0 Å². The van der Waals surface area contributed by atoms with E-state index in [2.05, 4.69) is 62.8 Å². The number of rotatable bonds is 6. The summed E-state index contributed by atoms with van der Waals surface area (Å²) in [4.78, 5) is 2.63. The Labute approximate surface area is 136 Å². The minimum absolute atomic E-state index is 0.684. The lowest BCUT2D eigenvalue weighted by Crippen LogP contribution is -2.40. The van der Waals surface area contributed by atoms with Crippen LogP contribution in [0.15, 0.2) is 28.4 Å². The van der Waals surface area contributed by atoms with Crippen LogP contribution in [0.5, 0.6) is 5.75 Å². The van der Waals surface area contributed by atoms with Crippen molar-refractivity contribution in [1.29, 1.82) is 0 Å². The van der Waals surface area contributed by atoms with E-state index < -0.39 is 0 Å². The third-order valence-corrected chi connectivity index (χ3v) is 4.58. The molecule has 0 radical (unpaired) electrons. The highest BCUT2D eigenvalue weighted by Crippen LogP contribution is 2.28. The molecule has 1 aromatic rings. The number of methoxy groups -OCH3 is 1. The molecule has 3 heteroatoms. The van der Waals surface area contributed by atoms with Crippen LogP contribution in [0.3, 0.4) is 0 Å². The predicted molar refractivity (Wildman–Crippen MR) is 93.8 cm³/mol. The van der Waals surface area contributed by atoms with E-state index in [0.717, 1.165) is 12.3 Å². The SMILES string of the molecule is CCCN(C/C=C/I)C1CCc2cc(OC)ccc2C1. The van der Waals surface area contributed by atoms with E-state index in [9.17, 15) is 0 Å². The Morgan fingerprint density at radius 1 is 1.40 bits per heavy atom. The van der Waals surface area contributed by atoms with Gasteiger partial charge in [-0.2, -0.15) is 0 Å². The summed E-state index contributed by atoms with van der Waals surface area (Å²) >= 11 is 2.31. The lowest BCUT2D eigenvalue weighted by Gasteiger charge is -2.34. The van der Waals surface area contributed by atoms with Crippen molar-refractivity contribution in [3.05, 3.63) is 39.5 Å². The Morgan fingerprint density at radius 2 is 2.25 bits per heavy atom. The van der Waals surface area contributed by atoms with E-state index in [4.69, 9.17) is 4.74 Å². The summed E-state index contributed by atoms with van der Waals surface area (Å²) in [7, 11) is 1.74. The molecule has 1 aromatic carbocycles. The van der Waals surface area contributed by atoms with Crippen LogP contribution >= 0.6 is 22.6 Å². The van der Waals surface area contributed by atoms with Crippen molar-refractivity contribution in [3.63, 3.8) is 0 Å². The number of hydrogen-bond donors (Lipinski definition) is 0. The summed E-state index contributed by atoms with van der Waals surface area (Å²) < 4.78 is 7.45. The first-order valence-electron chi connectivity index (χ1n) is 7.43. The van der Waals surface area contributed by atoms with Crippen LogP contribution in [0.2, 0.25) is 0 Å². The second-order valence-corrected chi connectivity index (χ2v) is 6.11. The minimum Gasteiger partial charge on any atom is -0.497 e. The molecular formula is C17H24INO. The average molecular weight is 385 g/mol. The van der Waals surface area contributed by atoms with E-state index in [1.807, 2.05) is 0 Å². The molecule has 0 saturated heterocycles. The Kier molecular flexibility index (Phi) is 6.36. The molecule has 1 atom stereocenters. The lowest BCUT2D eigenvalue weighted by atomic mass is 9.87. The zero-order valence-corrected chi connectivity index (χ0v) is 14.6. The van der Waals surface area contributed by atoms with Gasteiger partial charge in [-0.3, -0.25) is 4.90 Å². The molecule has 0 fully saturated rings. The topological polar surface area (TPSA) is 12.5 Å². The maximum Gasteiger partial charge on any atom is 0.119 e. The summed E-state index contributed by atoms with van der Waals surface area (Å²) in [5.41, 5.74) is 2.98. The van der Waals surface area contributed by atoms with E-state index in [0.29, 0.717) is 6.04 Å². The molecule has 0 aromatic heterocycles. The molecule has 0 aliphatic heterocycles. The number of aryl methyl sites for hydroxylation is 1. The first-order chi connectivity index (χ1) is 9.78. The Bertz CT molecular complexity index is 458. The fourth-order valence-corrected chi connectivity index (χ4v) is 3.26. The van der Waals surface area contributed by atoms with Gasteiger partial charge in [-0.05, 0) is 59.6 Å². The largest absolute Gasteiger partial charge is 0.497 e. The van der Waals surface area contributed by atoms with Crippen LogP contribution in [-0.2, 0) is 12.8 Å². The van der Waals surface area contributed by atoms with Crippen molar-refractivity contribution in [1.82, 2.24) is 4.90 Å². The second-order valence-electron chi connectivity index (χ2n) is 5.39. The van der Waals surface area contributed by atoms with E-state index in [1.165, 1.54) is 43.4 Å². The molecule has 0 N–H and O–H groups in total. The molecule has 0 bridgehead atoms. The molecular weight excluding hydrogens is 361 g/mol. The minimum atomic E-state index is 0.684. The van der Waals surface area contributed by atoms with Gasteiger partial charge in [0.2, 0.25) is 0 Å². The van der Waals surface area contributed by atoms with Crippen LogP contribution < -0.4 is 4.74 Å². The zero-order chi connectivity index (χ0) is 14.4. The molecule has 2 nitrogen and oxygen atoms in total. The molecule has 0 amide bonds. The zero-order valence-electron chi connectivity index (χ0n) is 12.4. The number of nitrogens with zero attached hydrogens (tertiary/aromatic N) is 1. The van der Waals surface area contributed by atoms with Crippen molar-refractivity contribution >= 4 is 22.6 Å². The maximum absolute atomic E-state index is 5.33. The van der Waals surface area contributed by atoms with Gasteiger partial charge in [0.1, 0.15) is 5.75 Å². The van der Waals surface area contributed by atoms with Gasteiger partial charge in [-0.1, -0.05) is 41.7 Å². The number of halogens is 1. The molecule has 1 aliphatic rings. The third-order valence-electron chi connectivity index (χ3n) is 4.07. The highest BCUT2D eigenvalue weighted by molar-refractivity contribution is 14.1. The summed E-state index contributed by atoms with van der Waals surface area (Å²) in [5, 5.41) is 0. The smallest absolute Gasteiger partial charge is 0.119 e. The van der Waals surface area contributed by atoms with Gasteiger partial charge in [0.15, 0.2) is 0 Å². The van der Waals surface area contributed by atoms with Gasteiger partial charge in [0.25, 0.3) is 0 Å². The van der Waals surface area contributed by atoms with Crippen LogP contribution in [0, 0.1) is 0 Å². The first kappa shape index (κ1) is 15.8. The molecule has 1 unspecified atom stereocenters. The summed E-state index contributed by atoms with van der Waals surface area (Å²) in [6, 6.07) is 7.23. The lowest BCUT2D eigenvalue weighted by molar-refractivity contribution is 0.199. The highest BCUT2D eigenvalue weighted by Gasteiger charge is 2.23. The second kappa shape index (κ2) is 8.03. The average Bonchev–Trinajstić information content (AvgIpc) is 2.50. The third kappa shape index (κ3) is 3.98. The maximum atomic E-state index is 5.33.